The van der Waals surface area contributed by atoms with E-state index < -0.39 is 6.10 Å². The first kappa shape index (κ1) is 18.5. The molecule has 0 saturated carbocycles. The number of likely N-dealkylation sites (tertiary alicyclic amines) is 1. The molecule has 1 aliphatic heterocycles. The Morgan fingerprint density at radius 3 is 2.77 bits per heavy atom. The Balaban J connectivity index is 2.38. The molecule has 1 rings (SSSR count). The molecule has 0 bridgehead atoms. The molecule has 1 unspecified atom stereocenters. The number of oxime groups is 1. The van der Waals surface area contributed by atoms with E-state index >= 15 is 0 Å². The van der Waals surface area contributed by atoms with Crippen molar-refractivity contribution in [2.45, 2.75) is 25.4 Å². The predicted molar refractivity (Wildman–Crippen MR) is 88.8 cm³/mol. The molecule has 1 saturated heterocycles. The summed E-state index contributed by atoms with van der Waals surface area (Å²) in [5, 5.41) is 16.3. The number of nitroso groups, excluding NO2 is 1. The second-order valence-corrected chi connectivity index (χ2v) is 5.32. The van der Waals surface area contributed by atoms with Gasteiger partial charge in [0.1, 0.15) is 12.7 Å². The van der Waals surface area contributed by atoms with Crippen molar-refractivity contribution in [2.24, 2.45) is 10.3 Å². The van der Waals surface area contributed by atoms with Gasteiger partial charge >= 0.3 is 0 Å². The zero-order chi connectivity index (χ0) is 16.2. The molecule has 0 aromatic carbocycles. The van der Waals surface area contributed by atoms with E-state index in [0.717, 1.165) is 19.3 Å². The van der Waals surface area contributed by atoms with Gasteiger partial charge in [-0.25, -0.2) is 0 Å². The molecule has 0 radical (unpaired) electrons. The summed E-state index contributed by atoms with van der Waals surface area (Å²) in [7, 11) is 0. The molecule has 0 aromatic heterocycles. The van der Waals surface area contributed by atoms with Gasteiger partial charge in [-0.15, -0.1) is 4.91 Å². The minimum Gasteiger partial charge on any atom is -0.392 e. The first-order valence-electron chi connectivity index (χ1n) is 7.25. The second-order valence-electron chi connectivity index (χ2n) is 4.97. The standard InChI is InChI=1S/C15H22ClN3O3/c1-2-13(7-6-8-17-21)15(16)18-22-12-14(20)11-19-9-4-3-5-10-19/h2,6-8,14,20H,1,3-5,9-12H2/b8-6-,13-7+,18-15-. The lowest BCUT2D eigenvalue weighted by Crippen LogP contribution is -2.38. The molecule has 0 aliphatic carbocycles. The number of nitrogens with zero attached hydrogens (tertiary/aromatic N) is 3. The van der Waals surface area contributed by atoms with Gasteiger partial charge in [0.05, 0.1) is 6.20 Å². The van der Waals surface area contributed by atoms with Gasteiger partial charge in [-0.3, -0.25) is 0 Å². The van der Waals surface area contributed by atoms with E-state index in [-0.39, 0.29) is 11.8 Å². The van der Waals surface area contributed by atoms with Crippen LogP contribution in [0.25, 0.3) is 0 Å². The highest BCUT2D eigenvalue weighted by molar-refractivity contribution is 6.69. The normalized spacial score (nSPS) is 19.2. The van der Waals surface area contributed by atoms with E-state index in [2.05, 4.69) is 21.8 Å². The summed E-state index contributed by atoms with van der Waals surface area (Å²) in [5.41, 5.74) is 0.493. The number of hydrogen-bond acceptors (Lipinski definition) is 6. The Labute approximate surface area is 135 Å². The molecule has 1 N–H and O–H groups in total. The Morgan fingerprint density at radius 2 is 2.14 bits per heavy atom. The number of aliphatic hydroxyl groups is 1. The van der Waals surface area contributed by atoms with Gasteiger partial charge in [0.15, 0.2) is 5.17 Å². The summed E-state index contributed by atoms with van der Waals surface area (Å²) < 4.78 is 0. The third kappa shape index (κ3) is 7.49. The van der Waals surface area contributed by atoms with Gasteiger partial charge in [-0.05, 0) is 37.2 Å². The molecule has 0 aromatic rings. The van der Waals surface area contributed by atoms with Crippen LogP contribution in [0.5, 0.6) is 0 Å². The van der Waals surface area contributed by atoms with Crippen molar-refractivity contribution >= 4 is 16.8 Å². The second kappa shape index (κ2) is 11.1. The topological polar surface area (TPSA) is 74.5 Å². The highest BCUT2D eigenvalue weighted by Gasteiger charge is 2.15. The van der Waals surface area contributed by atoms with Gasteiger partial charge < -0.3 is 14.8 Å². The van der Waals surface area contributed by atoms with Crippen molar-refractivity contribution in [2.75, 3.05) is 26.2 Å². The fraction of sp³-hybridized carbons (Fsp3) is 0.533. The molecule has 0 spiro atoms. The predicted octanol–water partition coefficient (Wildman–Crippen LogP) is 2.79. The quantitative estimate of drug-likeness (QED) is 0.306. The van der Waals surface area contributed by atoms with Crippen LogP contribution in [0.4, 0.5) is 0 Å². The van der Waals surface area contributed by atoms with Gasteiger partial charge in [0, 0.05) is 12.1 Å². The monoisotopic (exact) mass is 327 g/mol. The van der Waals surface area contributed by atoms with Crippen molar-refractivity contribution in [1.29, 1.82) is 0 Å². The summed E-state index contributed by atoms with van der Waals surface area (Å²) in [6.45, 7) is 6.27. The smallest absolute Gasteiger partial charge is 0.175 e. The van der Waals surface area contributed by atoms with Crippen LogP contribution in [-0.2, 0) is 4.84 Å². The number of β-amino-alcohol motifs (C(OH)–C–C–N with tert-alkyl or cyclic N) is 1. The molecule has 122 valence electrons. The fourth-order valence-electron chi connectivity index (χ4n) is 2.13. The lowest BCUT2D eigenvalue weighted by molar-refractivity contribution is 0.0161. The third-order valence-electron chi connectivity index (χ3n) is 3.21. The minimum absolute atomic E-state index is 0.0723. The average Bonchev–Trinajstić information content (AvgIpc) is 2.52. The number of piperidine rings is 1. The summed E-state index contributed by atoms with van der Waals surface area (Å²) in [6, 6.07) is 0. The van der Waals surface area contributed by atoms with Crippen LogP contribution in [0.15, 0.2) is 46.9 Å². The molecule has 22 heavy (non-hydrogen) atoms. The lowest BCUT2D eigenvalue weighted by atomic mass is 10.1. The summed E-state index contributed by atoms with van der Waals surface area (Å²) in [6.07, 6.45) is 8.52. The van der Waals surface area contributed by atoms with Crippen LogP contribution in [0.1, 0.15) is 19.3 Å². The molecule has 1 heterocycles. The van der Waals surface area contributed by atoms with Crippen LogP contribution in [-0.4, -0.2) is 47.5 Å². The Bertz CT molecular complexity index is 443. The first-order chi connectivity index (χ1) is 10.7. The highest BCUT2D eigenvalue weighted by Crippen LogP contribution is 2.09. The molecule has 7 heteroatoms. The molecule has 1 aliphatic rings. The van der Waals surface area contributed by atoms with Gasteiger partial charge in [0.2, 0.25) is 0 Å². The molecular weight excluding hydrogens is 306 g/mol. The number of rotatable bonds is 9. The average molecular weight is 328 g/mol. The van der Waals surface area contributed by atoms with Crippen molar-refractivity contribution in [3.8, 4) is 0 Å². The number of hydrogen-bond donors (Lipinski definition) is 1. The first-order valence-corrected chi connectivity index (χ1v) is 7.63. The maximum atomic E-state index is 9.94. The van der Waals surface area contributed by atoms with Gasteiger partial charge in [0.25, 0.3) is 0 Å². The third-order valence-corrected chi connectivity index (χ3v) is 3.50. The van der Waals surface area contributed by atoms with Crippen molar-refractivity contribution in [3.63, 3.8) is 0 Å². The van der Waals surface area contributed by atoms with E-state index in [4.69, 9.17) is 16.4 Å². The zero-order valence-electron chi connectivity index (χ0n) is 12.5. The molecule has 6 nitrogen and oxygen atoms in total. The van der Waals surface area contributed by atoms with E-state index in [0.29, 0.717) is 12.1 Å². The van der Waals surface area contributed by atoms with Crippen LogP contribution >= 0.6 is 11.6 Å². The van der Waals surface area contributed by atoms with Crippen LogP contribution in [0.2, 0.25) is 0 Å². The minimum atomic E-state index is -0.610. The number of aliphatic hydroxyl groups excluding tert-OH is 1. The van der Waals surface area contributed by atoms with Gasteiger partial charge in [-0.2, -0.15) is 0 Å². The lowest BCUT2D eigenvalue weighted by Gasteiger charge is -2.27. The summed E-state index contributed by atoms with van der Waals surface area (Å²) in [5.74, 6) is 0. The van der Waals surface area contributed by atoms with Crippen LogP contribution in [0.3, 0.4) is 0 Å². The number of halogens is 1. The van der Waals surface area contributed by atoms with E-state index in [9.17, 15) is 10.0 Å². The summed E-state index contributed by atoms with van der Waals surface area (Å²) in [4.78, 5) is 17.2. The number of allylic oxidation sites excluding steroid dienone is 4. The Morgan fingerprint density at radius 1 is 1.41 bits per heavy atom. The van der Waals surface area contributed by atoms with Crippen molar-refractivity contribution in [3.05, 3.63) is 41.5 Å². The van der Waals surface area contributed by atoms with E-state index in [1.54, 1.807) is 0 Å². The van der Waals surface area contributed by atoms with Crippen molar-refractivity contribution < 1.29 is 9.94 Å². The molecule has 1 atom stereocenters. The highest BCUT2D eigenvalue weighted by atomic mass is 35.5. The maximum Gasteiger partial charge on any atom is 0.175 e. The zero-order valence-corrected chi connectivity index (χ0v) is 13.3. The maximum absolute atomic E-state index is 9.94. The summed E-state index contributed by atoms with van der Waals surface area (Å²) >= 11 is 5.95. The molecule has 0 amide bonds. The van der Waals surface area contributed by atoms with Crippen LogP contribution in [0, 0.1) is 4.91 Å². The fourth-order valence-corrected chi connectivity index (χ4v) is 2.32. The van der Waals surface area contributed by atoms with E-state index in [1.165, 1.54) is 37.5 Å². The molecular formula is C15H22ClN3O3. The van der Waals surface area contributed by atoms with Gasteiger partial charge in [-0.1, -0.05) is 41.9 Å². The Kier molecular flexibility index (Phi) is 9.37. The van der Waals surface area contributed by atoms with Crippen LogP contribution < -0.4 is 0 Å². The van der Waals surface area contributed by atoms with Crippen molar-refractivity contribution in [1.82, 2.24) is 4.90 Å². The van der Waals surface area contributed by atoms with E-state index in [1.807, 2.05) is 0 Å². The largest absolute Gasteiger partial charge is 0.392 e. The Hall–Kier alpha value is -1.50. The molecule has 1 fully saturated rings. The SMILES string of the molecule is C=CC(=C\C=C/N=O)/C(Cl)=N/OCC(O)CN1CCCCC1.